The largest absolute Gasteiger partial charge is 0.497 e. The lowest BCUT2D eigenvalue weighted by Gasteiger charge is -2.37. The number of hydrogen-bond acceptors (Lipinski definition) is 2. The molecule has 27 heavy (non-hydrogen) atoms. The van der Waals surface area contributed by atoms with Crippen molar-refractivity contribution in [1.82, 2.24) is 5.32 Å². The molecule has 3 nitrogen and oxygen atoms in total. The number of amides is 1. The van der Waals surface area contributed by atoms with Gasteiger partial charge in [-0.25, -0.2) is 0 Å². The Morgan fingerprint density at radius 1 is 1.26 bits per heavy atom. The average Bonchev–Trinajstić information content (AvgIpc) is 3.34. The van der Waals surface area contributed by atoms with Crippen LogP contribution in [0.25, 0.3) is 0 Å². The Labute approximate surface area is 164 Å². The Hall–Kier alpha value is -1.51. The molecule has 0 spiro atoms. The van der Waals surface area contributed by atoms with Crippen molar-refractivity contribution >= 4 is 5.91 Å². The minimum absolute atomic E-state index is 0.210. The van der Waals surface area contributed by atoms with Crippen LogP contribution in [0.5, 0.6) is 5.75 Å². The Balaban J connectivity index is 1.51. The first kappa shape index (κ1) is 18.8. The molecule has 0 saturated heterocycles. The molecule has 3 aliphatic carbocycles. The lowest BCUT2D eigenvalue weighted by Crippen LogP contribution is -2.48. The number of ether oxygens (including phenoxy) is 1. The van der Waals surface area contributed by atoms with Crippen molar-refractivity contribution in [1.29, 1.82) is 0 Å². The van der Waals surface area contributed by atoms with Gasteiger partial charge >= 0.3 is 0 Å². The van der Waals surface area contributed by atoms with Crippen LogP contribution in [-0.4, -0.2) is 19.6 Å². The lowest BCUT2D eigenvalue weighted by atomic mass is 9.68. The average molecular weight is 370 g/mol. The molecule has 3 saturated carbocycles. The van der Waals surface area contributed by atoms with Crippen LogP contribution < -0.4 is 10.1 Å². The van der Waals surface area contributed by atoms with E-state index in [4.69, 9.17) is 4.74 Å². The molecule has 3 aliphatic rings. The summed E-state index contributed by atoms with van der Waals surface area (Å²) >= 11 is 0. The van der Waals surface area contributed by atoms with Crippen molar-refractivity contribution in [3.8, 4) is 5.75 Å². The molecular formula is C24H35NO2. The van der Waals surface area contributed by atoms with E-state index in [0.29, 0.717) is 23.2 Å². The summed E-state index contributed by atoms with van der Waals surface area (Å²) in [4.78, 5) is 13.5. The summed E-state index contributed by atoms with van der Waals surface area (Å²) in [5, 5.41) is 3.43. The highest BCUT2D eigenvalue weighted by molar-refractivity contribution is 5.84. The molecule has 4 unspecified atom stereocenters. The van der Waals surface area contributed by atoms with Gasteiger partial charge in [-0.1, -0.05) is 38.8 Å². The molecule has 1 N–H and O–H groups in total. The first-order valence-electron chi connectivity index (χ1n) is 10.8. The fraction of sp³-hybridized carbons (Fsp3) is 0.708. The Morgan fingerprint density at radius 3 is 2.74 bits per heavy atom. The first-order chi connectivity index (χ1) is 12.9. The Bertz CT molecular complexity index is 697. The maximum atomic E-state index is 13.5. The zero-order valence-corrected chi connectivity index (χ0v) is 17.2. The number of carbonyl (C=O) groups excluding carboxylic acids is 1. The summed E-state index contributed by atoms with van der Waals surface area (Å²) in [6, 6.07) is 8.30. The molecule has 148 valence electrons. The number of nitrogens with one attached hydrogen (secondary N) is 1. The van der Waals surface area contributed by atoms with Crippen LogP contribution in [0.15, 0.2) is 24.3 Å². The molecule has 3 heteroatoms. The molecule has 2 bridgehead atoms. The minimum Gasteiger partial charge on any atom is -0.497 e. The summed E-state index contributed by atoms with van der Waals surface area (Å²) in [7, 11) is 1.71. The predicted octanol–water partition coefficient (Wildman–Crippen LogP) is 4.99. The van der Waals surface area contributed by atoms with Crippen LogP contribution in [-0.2, 0) is 11.2 Å². The van der Waals surface area contributed by atoms with Crippen LogP contribution in [0.3, 0.4) is 0 Å². The molecule has 4 rings (SSSR count). The van der Waals surface area contributed by atoms with E-state index in [-0.39, 0.29) is 5.41 Å². The minimum atomic E-state index is -0.210. The highest BCUT2D eigenvalue weighted by atomic mass is 16.5. The number of benzene rings is 1. The van der Waals surface area contributed by atoms with Gasteiger partial charge in [0.15, 0.2) is 0 Å². The number of rotatable bonds is 6. The second kappa shape index (κ2) is 7.14. The van der Waals surface area contributed by atoms with Crippen LogP contribution in [0, 0.1) is 28.6 Å². The van der Waals surface area contributed by atoms with Crippen LogP contribution >= 0.6 is 0 Å². The molecule has 3 fully saturated rings. The van der Waals surface area contributed by atoms with Gasteiger partial charge in [0.2, 0.25) is 5.91 Å². The third-order valence-corrected chi connectivity index (χ3v) is 8.07. The molecule has 0 aromatic heterocycles. The molecule has 1 amide bonds. The van der Waals surface area contributed by atoms with E-state index < -0.39 is 0 Å². The number of methoxy groups -OCH3 is 1. The molecule has 0 heterocycles. The van der Waals surface area contributed by atoms with Gasteiger partial charge in [-0.05, 0) is 79.4 Å². The quantitative estimate of drug-likeness (QED) is 0.767. The SMILES string of the molecule is COc1cccc(CC2(C(=O)NCC3CCCC3(C)C)CC3CCC2C3)c1. The van der Waals surface area contributed by atoms with E-state index in [1.165, 1.54) is 44.1 Å². The van der Waals surface area contributed by atoms with Crippen molar-refractivity contribution in [3.63, 3.8) is 0 Å². The van der Waals surface area contributed by atoms with Gasteiger partial charge in [0.05, 0.1) is 12.5 Å². The molecule has 1 aromatic carbocycles. The van der Waals surface area contributed by atoms with E-state index in [9.17, 15) is 4.79 Å². The summed E-state index contributed by atoms with van der Waals surface area (Å²) < 4.78 is 5.41. The zero-order chi connectivity index (χ0) is 19.1. The number of carbonyl (C=O) groups is 1. The predicted molar refractivity (Wildman–Crippen MR) is 109 cm³/mol. The second-order valence-corrected chi connectivity index (χ2v) is 10.1. The summed E-state index contributed by atoms with van der Waals surface area (Å²) in [6.45, 7) is 5.57. The monoisotopic (exact) mass is 369 g/mol. The van der Waals surface area contributed by atoms with Crippen molar-refractivity contribution in [2.75, 3.05) is 13.7 Å². The van der Waals surface area contributed by atoms with E-state index in [1.807, 2.05) is 12.1 Å². The summed E-state index contributed by atoms with van der Waals surface area (Å²) in [6.07, 6.45) is 9.53. The molecule has 0 radical (unpaired) electrons. The van der Waals surface area contributed by atoms with E-state index in [1.54, 1.807) is 7.11 Å². The molecule has 1 aromatic rings. The molecular weight excluding hydrogens is 334 g/mol. The topological polar surface area (TPSA) is 38.3 Å². The Kier molecular flexibility index (Phi) is 4.98. The van der Waals surface area contributed by atoms with Gasteiger partial charge in [-0.15, -0.1) is 0 Å². The third kappa shape index (κ3) is 3.50. The fourth-order valence-electron chi connectivity index (χ4n) is 6.33. The maximum Gasteiger partial charge on any atom is 0.226 e. The normalized spacial score (nSPS) is 34.0. The molecule has 4 atom stereocenters. The highest BCUT2D eigenvalue weighted by Gasteiger charge is 2.55. The number of fused-ring (bicyclic) bond motifs is 2. The van der Waals surface area contributed by atoms with Gasteiger partial charge in [-0.3, -0.25) is 4.79 Å². The summed E-state index contributed by atoms with van der Waals surface area (Å²) in [5.74, 6) is 3.12. The lowest BCUT2D eigenvalue weighted by molar-refractivity contribution is -0.134. The van der Waals surface area contributed by atoms with Gasteiger partial charge in [0.25, 0.3) is 0 Å². The van der Waals surface area contributed by atoms with E-state index in [2.05, 4.69) is 31.3 Å². The van der Waals surface area contributed by atoms with Crippen molar-refractivity contribution in [2.24, 2.45) is 28.6 Å². The Morgan fingerprint density at radius 2 is 2.11 bits per heavy atom. The van der Waals surface area contributed by atoms with Crippen molar-refractivity contribution in [3.05, 3.63) is 29.8 Å². The van der Waals surface area contributed by atoms with Gasteiger partial charge in [0, 0.05) is 6.54 Å². The van der Waals surface area contributed by atoms with Crippen LogP contribution in [0.1, 0.15) is 64.4 Å². The highest BCUT2D eigenvalue weighted by Crippen LogP contribution is 2.57. The van der Waals surface area contributed by atoms with E-state index in [0.717, 1.165) is 31.1 Å². The van der Waals surface area contributed by atoms with Crippen LogP contribution in [0.4, 0.5) is 0 Å². The van der Waals surface area contributed by atoms with Crippen molar-refractivity contribution in [2.45, 2.75) is 65.2 Å². The first-order valence-corrected chi connectivity index (χ1v) is 10.8. The standard InChI is InChI=1S/C24H35NO2/c1-23(2)11-5-7-20(23)16-25-22(26)24(15-18-9-10-19(24)12-18)14-17-6-4-8-21(13-17)27-3/h4,6,8,13,18-20H,5,7,9-12,14-16H2,1-3H3,(H,25,26). The summed E-state index contributed by atoms with van der Waals surface area (Å²) in [5.41, 5.74) is 1.39. The van der Waals surface area contributed by atoms with Gasteiger partial charge in [0.1, 0.15) is 5.75 Å². The zero-order valence-electron chi connectivity index (χ0n) is 17.2. The van der Waals surface area contributed by atoms with Gasteiger partial charge < -0.3 is 10.1 Å². The third-order valence-electron chi connectivity index (χ3n) is 8.07. The molecule has 0 aliphatic heterocycles. The van der Waals surface area contributed by atoms with Gasteiger partial charge in [-0.2, -0.15) is 0 Å². The maximum absolute atomic E-state index is 13.5. The van der Waals surface area contributed by atoms with Crippen LogP contribution in [0.2, 0.25) is 0 Å². The van der Waals surface area contributed by atoms with Crippen molar-refractivity contribution < 1.29 is 9.53 Å². The fourth-order valence-corrected chi connectivity index (χ4v) is 6.33. The second-order valence-electron chi connectivity index (χ2n) is 10.1. The smallest absolute Gasteiger partial charge is 0.226 e. The number of hydrogen-bond donors (Lipinski definition) is 1. The van der Waals surface area contributed by atoms with E-state index >= 15 is 0 Å².